The summed E-state index contributed by atoms with van der Waals surface area (Å²) in [7, 11) is -3.84. The zero-order valence-corrected chi connectivity index (χ0v) is 20.8. The molecule has 1 aliphatic rings. The van der Waals surface area contributed by atoms with Crippen LogP contribution < -0.4 is 16.0 Å². The number of anilines is 3. The van der Waals surface area contributed by atoms with E-state index in [0.717, 1.165) is 0 Å². The van der Waals surface area contributed by atoms with Gasteiger partial charge in [0.05, 0.1) is 30.3 Å². The van der Waals surface area contributed by atoms with Gasteiger partial charge >= 0.3 is 0 Å². The zero-order valence-electron chi connectivity index (χ0n) is 19.2. The van der Waals surface area contributed by atoms with Gasteiger partial charge in [-0.1, -0.05) is 41.9 Å². The second-order valence-corrected chi connectivity index (χ2v) is 10.2. The first-order chi connectivity index (χ1) is 17.3. The number of carbonyl (C=O) groups excluding carboxylic acids is 2. The van der Waals surface area contributed by atoms with Gasteiger partial charge in [0.1, 0.15) is 4.90 Å². The van der Waals surface area contributed by atoms with E-state index in [4.69, 9.17) is 16.3 Å². The van der Waals surface area contributed by atoms with Crippen LogP contribution in [-0.4, -0.2) is 57.4 Å². The van der Waals surface area contributed by atoms with Crippen molar-refractivity contribution in [3.8, 4) is 0 Å². The van der Waals surface area contributed by atoms with Crippen molar-refractivity contribution in [2.45, 2.75) is 4.90 Å². The Morgan fingerprint density at radius 2 is 1.58 bits per heavy atom. The van der Waals surface area contributed by atoms with Gasteiger partial charge in [0.15, 0.2) is 0 Å². The Bertz CT molecular complexity index is 1350. The molecule has 11 heteroatoms. The summed E-state index contributed by atoms with van der Waals surface area (Å²) >= 11 is 6.18. The van der Waals surface area contributed by atoms with Gasteiger partial charge in [-0.3, -0.25) is 9.59 Å². The molecule has 1 fully saturated rings. The van der Waals surface area contributed by atoms with E-state index in [-0.39, 0.29) is 41.1 Å². The van der Waals surface area contributed by atoms with Crippen LogP contribution in [0.2, 0.25) is 5.02 Å². The third-order valence-electron chi connectivity index (χ3n) is 5.45. The molecular formula is C25H25ClN4O5S. The number of hydrogen-bond donors (Lipinski definition) is 3. The summed E-state index contributed by atoms with van der Waals surface area (Å²) in [5.41, 5.74) is 1.79. The lowest BCUT2D eigenvalue weighted by atomic mass is 10.1. The molecule has 4 rings (SSSR count). The molecule has 3 N–H and O–H groups in total. The number of halogens is 1. The first-order valence-corrected chi connectivity index (χ1v) is 13.0. The predicted molar refractivity (Wildman–Crippen MR) is 139 cm³/mol. The van der Waals surface area contributed by atoms with Crippen molar-refractivity contribution < 1.29 is 22.7 Å². The molecule has 0 spiro atoms. The average Bonchev–Trinajstić information content (AvgIpc) is 2.89. The number of para-hydroxylation sites is 2. The molecule has 0 aromatic heterocycles. The maximum atomic E-state index is 13.0. The van der Waals surface area contributed by atoms with Crippen LogP contribution in [0.5, 0.6) is 0 Å². The highest BCUT2D eigenvalue weighted by Gasteiger charge is 2.28. The maximum Gasteiger partial charge on any atom is 0.257 e. The molecule has 1 aliphatic heterocycles. The Hall–Kier alpha value is -3.44. The second-order valence-electron chi connectivity index (χ2n) is 7.93. The fraction of sp³-hybridized carbons (Fsp3) is 0.200. The molecule has 1 saturated heterocycles. The number of rotatable bonds is 8. The van der Waals surface area contributed by atoms with Crippen molar-refractivity contribution in [1.82, 2.24) is 4.31 Å². The highest BCUT2D eigenvalue weighted by atomic mass is 35.5. The lowest BCUT2D eigenvalue weighted by Crippen LogP contribution is -2.40. The zero-order chi connectivity index (χ0) is 25.5. The predicted octanol–water partition coefficient (Wildman–Crippen LogP) is 3.66. The molecule has 1 heterocycles. The fourth-order valence-corrected chi connectivity index (χ4v) is 5.55. The number of amides is 2. The fourth-order valence-electron chi connectivity index (χ4n) is 3.64. The van der Waals surface area contributed by atoms with Crippen LogP contribution in [-0.2, 0) is 19.6 Å². The molecule has 0 atom stereocenters. The van der Waals surface area contributed by atoms with Gasteiger partial charge in [0, 0.05) is 30.2 Å². The molecule has 0 unspecified atom stereocenters. The largest absolute Gasteiger partial charge is 0.379 e. The molecule has 0 saturated carbocycles. The number of sulfonamides is 1. The number of ether oxygens (including phenoxy) is 1. The quantitative estimate of drug-likeness (QED) is 0.411. The SMILES string of the molecule is O=C(CNc1ccccc1C(=O)Nc1ccccc1)Nc1ccc(Cl)c(S(=O)(=O)N2CCOCC2)c1. The molecule has 3 aromatic rings. The lowest BCUT2D eigenvalue weighted by Gasteiger charge is -2.26. The van der Waals surface area contributed by atoms with Crippen LogP contribution in [0.15, 0.2) is 77.7 Å². The Labute approximate surface area is 214 Å². The molecule has 0 bridgehead atoms. The van der Waals surface area contributed by atoms with Gasteiger partial charge < -0.3 is 20.7 Å². The van der Waals surface area contributed by atoms with Gasteiger partial charge in [-0.05, 0) is 42.5 Å². The Morgan fingerprint density at radius 3 is 2.33 bits per heavy atom. The van der Waals surface area contributed by atoms with Crippen molar-refractivity contribution in [1.29, 1.82) is 0 Å². The number of benzene rings is 3. The van der Waals surface area contributed by atoms with Crippen molar-refractivity contribution >= 4 is 50.5 Å². The smallest absolute Gasteiger partial charge is 0.257 e. The van der Waals surface area contributed by atoms with Crippen LogP contribution in [0.1, 0.15) is 10.4 Å². The molecule has 3 aromatic carbocycles. The first-order valence-electron chi connectivity index (χ1n) is 11.2. The Kier molecular flexibility index (Phi) is 8.21. The average molecular weight is 529 g/mol. The highest BCUT2D eigenvalue weighted by Crippen LogP contribution is 2.28. The minimum Gasteiger partial charge on any atom is -0.379 e. The maximum absolute atomic E-state index is 13.0. The molecule has 0 aliphatic carbocycles. The van der Waals surface area contributed by atoms with E-state index in [9.17, 15) is 18.0 Å². The first kappa shape index (κ1) is 25.6. The van der Waals surface area contributed by atoms with E-state index in [0.29, 0.717) is 30.2 Å². The minimum atomic E-state index is -3.84. The van der Waals surface area contributed by atoms with Crippen LogP contribution in [0, 0.1) is 0 Å². The Morgan fingerprint density at radius 1 is 0.889 bits per heavy atom. The summed E-state index contributed by atoms with van der Waals surface area (Å²) in [4.78, 5) is 25.3. The number of nitrogens with zero attached hydrogens (tertiary/aromatic N) is 1. The van der Waals surface area contributed by atoms with E-state index in [1.807, 2.05) is 18.2 Å². The molecule has 9 nitrogen and oxygen atoms in total. The van der Waals surface area contributed by atoms with Gasteiger partial charge in [0.25, 0.3) is 5.91 Å². The van der Waals surface area contributed by atoms with Crippen molar-refractivity contribution in [2.75, 3.05) is 48.8 Å². The number of hydrogen-bond acceptors (Lipinski definition) is 6. The highest BCUT2D eigenvalue weighted by molar-refractivity contribution is 7.89. The van der Waals surface area contributed by atoms with Gasteiger partial charge in [-0.2, -0.15) is 4.31 Å². The lowest BCUT2D eigenvalue weighted by molar-refractivity contribution is -0.114. The standard InChI is InChI=1S/C25H25ClN4O5S/c26-21-11-10-19(16-23(21)36(33,34)30-12-14-35-15-13-30)28-24(31)17-27-22-9-5-4-8-20(22)25(32)29-18-6-2-1-3-7-18/h1-11,16,27H,12-15,17H2,(H,28,31)(H,29,32). The van der Waals surface area contributed by atoms with Crippen LogP contribution in [0.3, 0.4) is 0 Å². The van der Waals surface area contributed by atoms with Crippen molar-refractivity contribution in [2.24, 2.45) is 0 Å². The third kappa shape index (κ3) is 6.21. The monoisotopic (exact) mass is 528 g/mol. The van der Waals surface area contributed by atoms with E-state index in [2.05, 4.69) is 16.0 Å². The molecular weight excluding hydrogens is 504 g/mol. The molecule has 188 valence electrons. The van der Waals surface area contributed by atoms with Gasteiger partial charge in [-0.25, -0.2) is 8.42 Å². The number of carbonyl (C=O) groups is 2. The molecule has 36 heavy (non-hydrogen) atoms. The van der Waals surface area contributed by atoms with E-state index in [1.54, 1.807) is 36.4 Å². The van der Waals surface area contributed by atoms with E-state index in [1.165, 1.54) is 22.5 Å². The topological polar surface area (TPSA) is 117 Å². The number of nitrogens with one attached hydrogen (secondary N) is 3. The van der Waals surface area contributed by atoms with Crippen LogP contribution in [0.25, 0.3) is 0 Å². The van der Waals surface area contributed by atoms with E-state index < -0.39 is 15.9 Å². The van der Waals surface area contributed by atoms with Gasteiger partial charge in [0.2, 0.25) is 15.9 Å². The van der Waals surface area contributed by atoms with Crippen molar-refractivity contribution in [3.63, 3.8) is 0 Å². The second kappa shape index (κ2) is 11.5. The van der Waals surface area contributed by atoms with Crippen molar-refractivity contribution in [3.05, 3.63) is 83.4 Å². The van der Waals surface area contributed by atoms with Gasteiger partial charge in [-0.15, -0.1) is 0 Å². The summed E-state index contributed by atoms with van der Waals surface area (Å²) in [5.74, 6) is -0.745. The molecule has 2 amide bonds. The molecule has 0 radical (unpaired) electrons. The normalized spacial score (nSPS) is 14.1. The summed E-state index contributed by atoms with van der Waals surface area (Å²) in [6, 6.07) is 20.2. The van der Waals surface area contributed by atoms with E-state index >= 15 is 0 Å². The number of morpholine rings is 1. The summed E-state index contributed by atoms with van der Waals surface area (Å²) in [6.45, 7) is 0.935. The summed E-state index contributed by atoms with van der Waals surface area (Å²) in [6.07, 6.45) is 0. The summed E-state index contributed by atoms with van der Waals surface area (Å²) < 4.78 is 32.6. The van der Waals surface area contributed by atoms with Crippen LogP contribution >= 0.6 is 11.6 Å². The minimum absolute atomic E-state index is 0.0657. The van der Waals surface area contributed by atoms with Crippen LogP contribution in [0.4, 0.5) is 17.1 Å². The Balaban J connectivity index is 1.42. The summed E-state index contributed by atoms with van der Waals surface area (Å²) in [5, 5.41) is 8.53. The third-order valence-corrected chi connectivity index (χ3v) is 7.83.